The third-order valence-electron chi connectivity index (χ3n) is 2.28. The summed E-state index contributed by atoms with van der Waals surface area (Å²) >= 11 is 0. The Morgan fingerprint density at radius 3 is 2.20 bits per heavy atom. The van der Waals surface area contributed by atoms with Crippen molar-refractivity contribution in [2.45, 2.75) is 6.42 Å². The quantitative estimate of drug-likeness (QED) is 0.472. The summed E-state index contributed by atoms with van der Waals surface area (Å²) in [7, 11) is 0. The number of primary amides is 1. The second kappa shape index (κ2) is 7.62. The summed E-state index contributed by atoms with van der Waals surface area (Å²) < 4.78 is 0. The van der Waals surface area contributed by atoms with E-state index in [0.717, 1.165) is 0 Å². The molecule has 1 aromatic rings. The minimum Gasteiger partial charge on any atom is -0.481 e. The third kappa shape index (κ3) is 6.24. The number of carbonyl (C=O) groups is 3. The highest BCUT2D eigenvalue weighted by Crippen LogP contribution is 2.09. The minimum absolute atomic E-state index is 0.0642. The first kappa shape index (κ1) is 15.3. The van der Waals surface area contributed by atoms with Gasteiger partial charge in [-0.15, -0.1) is 0 Å². The van der Waals surface area contributed by atoms with Crippen molar-refractivity contribution in [3.63, 3.8) is 0 Å². The van der Waals surface area contributed by atoms with Crippen molar-refractivity contribution < 1.29 is 19.5 Å². The molecule has 0 aromatic heterocycles. The lowest BCUT2D eigenvalue weighted by molar-refractivity contribution is -0.136. The van der Waals surface area contributed by atoms with Gasteiger partial charge in [-0.2, -0.15) is 0 Å². The van der Waals surface area contributed by atoms with Crippen LogP contribution in [0.5, 0.6) is 0 Å². The largest absolute Gasteiger partial charge is 0.481 e. The fourth-order valence-corrected chi connectivity index (χ4v) is 1.42. The predicted molar refractivity (Wildman–Crippen MR) is 72.4 cm³/mol. The second-order valence-corrected chi connectivity index (χ2v) is 3.94. The molecule has 8 heteroatoms. The SMILES string of the molecule is NC(=O)NCCNC(=O)Nc1ccc(CC(=O)O)cc1. The molecule has 0 unspecified atom stereocenters. The van der Waals surface area contributed by atoms with E-state index in [-0.39, 0.29) is 19.5 Å². The summed E-state index contributed by atoms with van der Waals surface area (Å²) in [6.07, 6.45) is -0.0642. The van der Waals surface area contributed by atoms with Gasteiger partial charge in [-0.05, 0) is 17.7 Å². The van der Waals surface area contributed by atoms with Gasteiger partial charge in [0, 0.05) is 18.8 Å². The zero-order valence-electron chi connectivity index (χ0n) is 10.7. The maximum Gasteiger partial charge on any atom is 0.319 e. The predicted octanol–water partition coefficient (Wildman–Crippen LogP) is 0.104. The molecule has 108 valence electrons. The molecule has 0 aliphatic rings. The Kier molecular flexibility index (Phi) is 5.82. The molecule has 20 heavy (non-hydrogen) atoms. The van der Waals surface area contributed by atoms with Gasteiger partial charge >= 0.3 is 18.0 Å². The molecule has 0 saturated carbocycles. The summed E-state index contributed by atoms with van der Waals surface area (Å²) in [5.74, 6) is -0.912. The van der Waals surface area contributed by atoms with E-state index in [1.165, 1.54) is 0 Å². The lowest BCUT2D eigenvalue weighted by atomic mass is 10.1. The summed E-state index contributed by atoms with van der Waals surface area (Å²) in [5, 5.41) is 16.0. The average molecular weight is 280 g/mol. The number of benzene rings is 1. The van der Waals surface area contributed by atoms with E-state index in [2.05, 4.69) is 16.0 Å². The van der Waals surface area contributed by atoms with Crippen molar-refractivity contribution in [3.8, 4) is 0 Å². The van der Waals surface area contributed by atoms with Crippen LogP contribution in [-0.4, -0.2) is 36.2 Å². The molecule has 0 aliphatic heterocycles. The van der Waals surface area contributed by atoms with Crippen LogP contribution in [0.1, 0.15) is 5.56 Å². The summed E-state index contributed by atoms with van der Waals surface area (Å²) in [5.41, 5.74) is 6.05. The molecular weight excluding hydrogens is 264 g/mol. The van der Waals surface area contributed by atoms with E-state index in [0.29, 0.717) is 11.3 Å². The van der Waals surface area contributed by atoms with Gasteiger partial charge in [0.05, 0.1) is 6.42 Å². The lowest BCUT2D eigenvalue weighted by Crippen LogP contribution is -2.38. The first-order valence-electron chi connectivity index (χ1n) is 5.86. The molecule has 0 atom stereocenters. The van der Waals surface area contributed by atoms with Crippen molar-refractivity contribution in [2.24, 2.45) is 5.73 Å². The van der Waals surface area contributed by atoms with Crippen molar-refractivity contribution >= 4 is 23.7 Å². The Labute approximate surface area is 115 Å². The highest BCUT2D eigenvalue weighted by atomic mass is 16.4. The molecule has 0 heterocycles. The van der Waals surface area contributed by atoms with Crippen LogP contribution in [0.15, 0.2) is 24.3 Å². The average Bonchev–Trinajstić information content (AvgIpc) is 2.36. The molecule has 0 aliphatic carbocycles. The van der Waals surface area contributed by atoms with Crippen molar-refractivity contribution in [3.05, 3.63) is 29.8 Å². The van der Waals surface area contributed by atoms with Crippen molar-refractivity contribution in [1.82, 2.24) is 10.6 Å². The Bertz CT molecular complexity index is 487. The summed E-state index contributed by atoms with van der Waals surface area (Å²) in [6.45, 7) is 0.478. The summed E-state index contributed by atoms with van der Waals surface area (Å²) in [4.78, 5) is 32.4. The number of rotatable bonds is 6. The Morgan fingerprint density at radius 2 is 1.65 bits per heavy atom. The first-order chi connectivity index (χ1) is 9.47. The number of aliphatic carboxylic acids is 1. The van der Waals surface area contributed by atoms with Gasteiger partial charge in [-0.1, -0.05) is 12.1 Å². The van der Waals surface area contributed by atoms with Crippen LogP contribution in [0.3, 0.4) is 0 Å². The Balaban J connectivity index is 2.34. The molecule has 1 rings (SSSR count). The van der Waals surface area contributed by atoms with Crippen LogP contribution in [0.4, 0.5) is 15.3 Å². The number of hydrogen-bond acceptors (Lipinski definition) is 3. The number of carboxylic acids is 1. The molecule has 0 fully saturated rings. The number of amides is 4. The van der Waals surface area contributed by atoms with Gasteiger partial charge in [0.2, 0.25) is 0 Å². The lowest BCUT2D eigenvalue weighted by Gasteiger charge is -2.08. The number of carboxylic acid groups (broad SMARTS) is 1. The highest BCUT2D eigenvalue weighted by molar-refractivity contribution is 5.89. The van der Waals surface area contributed by atoms with Gasteiger partial charge in [0.1, 0.15) is 0 Å². The molecule has 0 radical (unpaired) electrons. The smallest absolute Gasteiger partial charge is 0.319 e. The van der Waals surface area contributed by atoms with E-state index >= 15 is 0 Å². The van der Waals surface area contributed by atoms with E-state index in [4.69, 9.17) is 10.8 Å². The molecule has 0 bridgehead atoms. The molecule has 6 N–H and O–H groups in total. The Hall–Kier alpha value is -2.77. The molecule has 0 saturated heterocycles. The summed E-state index contributed by atoms with van der Waals surface area (Å²) in [6, 6.07) is 5.39. The van der Waals surface area contributed by atoms with Crippen molar-refractivity contribution in [1.29, 1.82) is 0 Å². The third-order valence-corrected chi connectivity index (χ3v) is 2.28. The minimum atomic E-state index is -0.912. The van der Waals surface area contributed by atoms with E-state index in [1.807, 2.05) is 0 Å². The van der Waals surface area contributed by atoms with Gasteiger partial charge in [0.15, 0.2) is 0 Å². The van der Waals surface area contributed by atoms with E-state index in [1.54, 1.807) is 24.3 Å². The van der Waals surface area contributed by atoms with Crippen LogP contribution in [-0.2, 0) is 11.2 Å². The van der Waals surface area contributed by atoms with E-state index in [9.17, 15) is 14.4 Å². The Morgan fingerprint density at radius 1 is 1.05 bits per heavy atom. The molecular formula is C12H16N4O4. The molecule has 0 spiro atoms. The van der Waals surface area contributed by atoms with Gasteiger partial charge in [-0.3, -0.25) is 4.79 Å². The standard InChI is InChI=1S/C12H16N4O4/c13-11(19)14-5-6-15-12(20)16-9-3-1-8(2-4-9)7-10(17)18/h1-4H,5-7H2,(H,17,18)(H3,13,14,19)(H2,15,16,20). The maximum atomic E-state index is 11.5. The molecule has 1 aromatic carbocycles. The monoisotopic (exact) mass is 280 g/mol. The molecule has 8 nitrogen and oxygen atoms in total. The highest BCUT2D eigenvalue weighted by Gasteiger charge is 2.03. The number of nitrogens with two attached hydrogens (primary N) is 1. The van der Waals surface area contributed by atoms with Crippen LogP contribution >= 0.6 is 0 Å². The normalized spacial score (nSPS) is 9.60. The second-order valence-electron chi connectivity index (χ2n) is 3.94. The van der Waals surface area contributed by atoms with Gasteiger partial charge in [0.25, 0.3) is 0 Å². The van der Waals surface area contributed by atoms with Crippen LogP contribution in [0.2, 0.25) is 0 Å². The number of carbonyl (C=O) groups excluding carboxylic acids is 2. The zero-order valence-corrected chi connectivity index (χ0v) is 10.7. The maximum absolute atomic E-state index is 11.5. The molecule has 4 amide bonds. The number of anilines is 1. The van der Waals surface area contributed by atoms with E-state index < -0.39 is 18.0 Å². The fourth-order valence-electron chi connectivity index (χ4n) is 1.42. The van der Waals surface area contributed by atoms with Gasteiger partial charge in [-0.25, -0.2) is 9.59 Å². The number of hydrogen-bond donors (Lipinski definition) is 5. The number of urea groups is 2. The van der Waals surface area contributed by atoms with Crippen LogP contribution in [0.25, 0.3) is 0 Å². The topological polar surface area (TPSA) is 134 Å². The van der Waals surface area contributed by atoms with Gasteiger partial charge < -0.3 is 26.8 Å². The van der Waals surface area contributed by atoms with Crippen LogP contribution in [0, 0.1) is 0 Å². The zero-order chi connectivity index (χ0) is 15.0. The fraction of sp³-hybridized carbons (Fsp3) is 0.250. The number of nitrogens with one attached hydrogen (secondary N) is 3. The first-order valence-corrected chi connectivity index (χ1v) is 5.86. The van der Waals surface area contributed by atoms with Crippen molar-refractivity contribution in [2.75, 3.05) is 18.4 Å². The van der Waals surface area contributed by atoms with Crippen LogP contribution < -0.4 is 21.7 Å².